The molecule has 0 spiro atoms. The summed E-state index contributed by atoms with van der Waals surface area (Å²) in [6.45, 7) is 7.31. The van der Waals surface area contributed by atoms with Gasteiger partial charge in [-0.2, -0.15) is 0 Å². The van der Waals surface area contributed by atoms with Crippen molar-refractivity contribution < 1.29 is 0 Å². The molecule has 0 aromatic heterocycles. The molecule has 0 aliphatic carbocycles. The molecule has 0 aliphatic heterocycles. The highest BCUT2D eigenvalue weighted by Gasteiger charge is 2.05. The molecule has 0 aromatic carbocycles. The van der Waals surface area contributed by atoms with Crippen LogP contribution in [0.5, 0.6) is 0 Å². The van der Waals surface area contributed by atoms with Crippen molar-refractivity contribution in [2.75, 3.05) is 6.54 Å². The van der Waals surface area contributed by atoms with Gasteiger partial charge in [-0.25, -0.2) is 0 Å². The van der Waals surface area contributed by atoms with E-state index in [2.05, 4.69) is 31.4 Å². The Kier molecular flexibility index (Phi) is 6.51. The molecule has 4 N–H and O–H groups in total. The predicted octanol–water partition coefficient (Wildman–Crippen LogP) is 0.616. The minimum absolute atomic E-state index is 0.124. The van der Waals surface area contributed by atoms with Crippen LogP contribution in [0.25, 0.3) is 0 Å². The summed E-state index contributed by atoms with van der Waals surface area (Å²) in [7, 11) is 0. The first-order chi connectivity index (χ1) is 5.24. The van der Waals surface area contributed by atoms with E-state index < -0.39 is 0 Å². The van der Waals surface area contributed by atoms with E-state index in [1.165, 1.54) is 0 Å². The summed E-state index contributed by atoms with van der Waals surface area (Å²) >= 11 is 0. The lowest BCUT2D eigenvalue weighted by Gasteiger charge is -2.21. The fourth-order valence-corrected chi connectivity index (χ4v) is 0.944. The van der Waals surface area contributed by atoms with Gasteiger partial charge in [-0.3, -0.25) is 5.32 Å². The molecule has 68 valence electrons. The van der Waals surface area contributed by atoms with Gasteiger partial charge in [-0.15, -0.1) is 0 Å². The zero-order chi connectivity index (χ0) is 8.69. The molecule has 2 atom stereocenters. The van der Waals surface area contributed by atoms with Gasteiger partial charge < -0.3 is 11.1 Å². The molecule has 0 rings (SSSR count). The van der Waals surface area contributed by atoms with Crippen molar-refractivity contribution in [2.24, 2.45) is 5.73 Å². The number of rotatable bonds is 6. The first-order valence-electron chi connectivity index (χ1n) is 4.49. The third-order valence-electron chi connectivity index (χ3n) is 1.71. The van der Waals surface area contributed by atoms with E-state index >= 15 is 0 Å². The normalized spacial score (nSPS) is 16.4. The smallest absolute Gasteiger partial charge is 0.0580 e. The maximum atomic E-state index is 5.73. The SMILES string of the molecule is CCNC(CC)NC(N)CC. The van der Waals surface area contributed by atoms with Crippen LogP contribution in [0.1, 0.15) is 33.6 Å². The van der Waals surface area contributed by atoms with Gasteiger partial charge in [0.1, 0.15) is 0 Å². The van der Waals surface area contributed by atoms with Gasteiger partial charge in [0.05, 0.1) is 12.3 Å². The first-order valence-corrected chi connectivity index (χ1v) is 4.49. The standard InChI is InChI=1S/C8H21N3/c1-4-7(9)11-8(5-2)10-6-3/h7-8,10-11H,4-6,9H2,1-3H3. The Balaban J connectivity index is 3.49. The fourth-order valence-electron chi connectivity index (χ4n) is 0.944. The van der Waals surface area contributed by atoms with Gasteiger partial charge in [0, 0.05) is 0 Å². The maximum Gasteiger partial charge on any atom is 0.0580 e. The van der Waals surface area contributed by atoms with Crippen LogP contribution in [0.3, 0.4) is 0 Å². The van der Waals surface area contributed by atoms with Crippen molar-refractivity contribution in [3.05, 3.63) is 0 Å². The highest BCUT2D eigenvalue weighted by atomic mass is 15.2. The average Bonchev–Trinajstić information content (AvgIpc) is 2.03. The third-order valence-corrected chi connectivity index (χ3v) is 1.71. The quantitative estimate of drug-likeness (QED) is 0.498. The molecule has 0 heterocycles. The Hall–Kier alpha value is -0.120. The second-order valence-corrected chi connectivity index (χ2v) is 2.70. The van der Waals surface area contributed by atoms with Crippen molar-refractivity contribution in [1.29, 1.82) is 0 Å². The Bertz CT molecular complexity index is 85.4. The topological polar surface area (TPSA) is 50.1 Å². The van der Waals surface area contributed by atoms with E-state index in [0.717, 1.165) is 19.4 Å². The summed E-state index contributed by atoms with van der Waals surface area (Å²) in [6.07, 6.45) is 2.54. The van der Waals surface area contributed by atoms with Gasteiger partial charge >= 0.3 is 0 Å². The van der Waals surface area contributed by atoms with E-state index in [1.807, 2.05) is 0 Å². The summed E-state index contributed by atoms with van der Waals surface area (Å²) < 4.78 is 0. The summed E-state index contributed by atoms with van der Waals surface area (Å²) in [5, 5.41) is 6.59. The van der Waals surface area contributed by atoms with Crippen molar-refractivity contribution in [3.63, 3.8) is 0 Å². The lowest BCUT2D eigenvalue weighted by molar-refractivity contribution is 0.364. The maximum absolute atomic E-state index is 5.73. The summed E-state index contributed by atoms with van der Waals surface area (Å²) in [6, 6.07) is 0. The van der Waals surface area contributed by atoms with Crippen LogP contribution in [-0.2, 0) is 0 Å². The Morgan fingerprint density at radius 1 is 1.18 bits per heavy atom. The molecular weight excluding hydrogens is 138 g/mol. The zero-order valence-corrected chi connectivity index (χ0v) is 7.85. The molecule has 0 radical (unpaired) electrons. The molecular formula is C8H21N3. The van der Waals surface area contributed by atoms with E-state index in [9.17, 15) is 0 Å². The molecule has 3 nitrogen and oxygen atoms in total. The van der Waals surface area contributed by atoms with Gasteiger partial charge in [0.25, 0.3) is 0 Å². The van der Waals surface area contributed by atoms with E-state index in [4.69, 9.17) is 5.73 Å². The van der Waals surface area contributed by atoms with Crippen molar-refractivity contribution >= 4 is 0 Å². The molecule has 0 amide bonds. The second-order valence-electron chi connectivity index (χ2n) is 2.70. The van der Waals surface area contributed by atoms with Crippen molar-refractivity contribution in [2.45, 2.75) is 45.9 Å². The van der Waals surface area contributed by atoms with Crippen LogP contribution < -0.4 is 16.4 Å². The number of hydrogen-bond donors (Lipinski definition) is 3. The second kappa shape index (κ2) is 6.58. The zero-order valence-electron chi connectivity index (χ0n) is 7.85. The first kappa shape index (κ1) is 10.9. The van der Waals surface area contributed by atoms with Crippen molar-refractivity contribution in [3.8, 4) is 0 Å². The number of nitrogens with one attached hydrogen (secondary N) is 2. The molecule has 0 fully saturated rings. The minimum Gasteiger partial charge on any atom is -0.316 e. The molecule has 0 saturated carbocycles. The summed E-state index contributed by atoms with van der Waals surface area (Å²) in [5.41, 5.74) is 5.73. The van der Waals surface area contributed by atoms with Crippen LogP contribution in [0.15, 0.2) is 0 Å². The van der Waals surface area contributed by atoms with Crippen molar-refractivity contribution in [1.82, 2.24) is 10.6 Å². The summed E-state index contributed by atoms with van der Waals surface area (Å²) in [4.78, 5) is 0. The van der Waals surface area contributed by atoms with Gasteiger partial charge in [-0.1, -0.05) is 20.8 Å². The number of hydrogen-bond acceptors (Lipinski definition) is 3. The minimum atomic E-state index is 0.124. The third kappa shape index (κ3) is 5.18. The van der Waals surface area contributed by atoms with Crippen LogP contribution in [0.4, 0.5) is 0 Å². The molecule has 0 bridgehead atoms. The highest BCUT2D eigenvalue weighted by Crippen LogP contribution is 1.88. The van der Waals surface area contributed by atoms with Gasteiger partial charge in [-0.05, 0) is 19.4 Å². The highest BCUT2D eigenvalue weighted by molar-refractivity contribution is 4.65. The molecule has 0 aliphatic rings. The average molecular weight is 159 g/mol. The lowest BCUT2D eigenvalue weighted by atomic mass is 10.3. The predicted molar refractivity (Wildman–Crippen MR) is 49.2 cm³/mol. The molecule has 11 heavy (non-hydrogen) atoms. The Morgan fingerprint density at radius 2 is 1.82 bits per heavy atom. The Morgan fingerprint density at radius 3 is 2.18 bits per heavy atom. The summed E-state index contributed by atoms with van der Waals surface area (Å²) in [5.74, 6) is 0. The van der Waals surface area contributed by atoms with Gasteiger partial charge in [0.15, 0.2) is 0 Å². The largest absolute Gasteiger partial charge is 0.316 e. The van der Waals surface area contributed by atoms with Crippen LogP contribution in [0.2, 0.25) is 0 Å². The van der Waals surface area contributed by atoms with Crippen LogP contribution in [0, 0.1) is 0 Å². The van der Waals surface area contributed by atoms with Crippen LogP contribution in [-0.4, -0.2) is 18.9 Å². The molecule has 3 heteroatoms. The fraction of sp³-hybridized carbons (Fsp3) is 1.00. The monoisotopic (exact) mass is 159 g/mol. The van der Waals surface area contributed by atoms with Crippen LogP contribution >= 0.6 is 0 Å². The van der Waals surface area contributed by atoms with E-state index in [-0.39, 0.29) is 6.17 Å². The van der Waals surface area contributed by atoms with E-state index in [0.29, 0.717) is 6.17 Å². The lowest BCUT2D eigenvalue weighted by Crippen LogP contribution is -2.50. The van der Waals surface area contributed by atoms with E-state index in [1.54, 1.807) is 0 Å². The number of nitrogens with two attached hydrogens (primary N) is 1. The molecule has 0 aromatic rings. The Labute approximate surface area is 69.7 Å². The molecule has 2 unspecified atom stereocenters. The van der Waals surface area contributed by atoms with Gasteiger partial charge in [0.2, 0.25) is 0 Å². The molecule has 0 saturated heterocycles.